The highest BCUT2D eigenvalue weighted by Gasteiger charge is 2.25. The topological polar surface area (TPSA) is 98.5 Å². The van der Waals surface area contributed by atoms with Crippen molar-refractivity contribution < 1.29 is 19.1 Å². The zero-order valence-corrected chi connectivity index (χ0v) is 12.0. The summed E-state index contributed by atoms with van der Waals surface area (Å²) in [6, 6.07) is 0. The van der Waals surface area contributed by atoms with Crippen LogP contribution in [0.2, 0.25) is 0 Å². The van der Waals surface area contributed by atoms with Crippen molar-refractivity contribution in [3.05, 3.63) is 16.0 Å². The molecule has 0 aliphatic carbocycles. The van der Waals surface area contributed by atoms with Gasteiger partial charge in [0, 0.05) is 6.92 Å². The van der Waals surface area contributed by atoms with Gasteiger partial charge < -0.3 is 15.8 Å². The van der Waals surface area contributed by atoms with Crippen molar-refractivity contribution >= 4 is 34.1 Å². The second-order valence-electron chi connectivity index (χ2n) is 4.26. The zero-order chi connectivity index (χ0) is 14.7. The van der Waals surface area contributed by atoms with Crippen LogP contribution in [0.4, 0.5) is 5.00 Å². The highest BCUT2D eigenvalue weighted by Crippen LogP contribution is 2.33. The number of carbonyl (C=O) groups excluding carboxylic acids is 3. The standard InChI is InChI=1S/C12H16N2O4S/c1-5(2)18-12(17)9-6(3)8(10(13)16)11(19-9)14-7(4)15/h5H,1-4H3,(H2,13,16)(H,14,15). The Labute approximate surface area is 114 Å². The highest BCUT2D eigenvalue weighted by molar-refractivity contribution is 7.18. The Kier molecular flexibility index (Phi) is 4.66. The molecule has 1 aromatic heterocycles. The number of ether oxygens (including phenoxy) is 1. The maximum atomic E-state index is 11.9. The third-order valence-corrected chi connectivity index (χ3v) is 3.40. The molecule has 0 aromatic carbocycles. The number of primary amides is 1. The fourth-order valence-corrected chi connectivity index (χ4v) is 2.66. The summed E-state index contributed by atoms with van der Waals surface area (Å²) >= 11 is 0.986. The van der Waals surface area contributed by atoms with E-state index < -0.39 is 11.9 Å². The first kappa shape index (κ1) is 15.2. The third kappa shape index (κ3) is 3.54. The molecule has 19 heavy (non-hydrogen) atoms. The molecule has 0 fully saturated rings. The molecule has 0 saturated carbocycles. The largest absolute Gasteiger partial charge is 0.459 e. The van der Waals surface area contributed by atoms with E-state index >= 15 is 0 Å². The van der Waals surface area contributed by atoms with Crippen LogP contribution < -0.4 is 11.1 Å². The molecule has 0 saturated heterocycles. The van der Waals surface area contributed by atoms with Gasteiger partial charge in [-0.25, -0.2) is 4.79 Å². The Hall–Kier alpha value is -1.89. The van der Waals surface area contributed by atoms with E-state index in [4.69, 9.17) is 10.5 Å². The van der Waals surface area contributed by atoms with Crippen LogP contribution >= 0.6 is 11.3 Å². The third-order valence-electron chi connectivity index (χ3n) is 2.21. The first-order valence-electron chi connectivity index (χ1n) is 5.65. The zero-order valence-electron chi connectivity index (χ0n) is 11.2. The Morgan fingerprint density at radius 3 is 2.32 bits per heavy atom. The van der Waals surface area contributed by atoms with Gasteiger partial charge in [-0.3, -0.25) is 9.59 Å². The molecule has 0 bridgehead atoms. The number of amides is 2. The number of anilines is 1. The molecule has 2 amide bonds. The van der Waals surface area contributed by atoms with Gasteiger partial charge in [-0.2, -0.15) is 0 Å². The van der Waals surface area contributed by atoms with Gasteiger partial charge in [0.05, 0.1) is 11.7 Å². The van der Waals surface area contributed by atoms with E-state index in [0.717, 1.165) is 11.3 Å². The number of esters is 1. The average Bonchev–Trinajstić information content (AvgIpc) is 2.53. The lowest BCUT2D eigenvalue weighted by atomic mass is 10.1. The Bertz CT molecular complexity index is 534. The van der Waals surface area contributed by atoms with E-state index in [1.54, 1.807) is 20.8 Å². The van der Waals surface area contributed by atoms with Crippen LogP contribution in [0.25, 0.3) is 0 Å². The minimum absolute atomic E-state index is 0.149. The number of rotatable bonds is 4. The molecule has 0 unspecified atom stereocenters. The molecule has 1 rings (SSSR count). The van der Waals surface area contributed by atoms with Gasteiger partial charge in [-0.15, -0.1) is 11.3 Å². The van der Waals surface area contributed by atoms with Crippen molar-refractivity contribution in [3.8, 4) is 0 Å². The van der Waals surface area contributed by atoms with E-state index in [2.05, 4.69) is 5.32 Å². The van der Waals surface area contributed by atoms with Crippen LogP contribution in [-0.2, 0) is 9.53 Å². The predicted octanol–water partition coefficient (Wildman–Crippen LogP) is 1.68. The number of hydrogen-bond donors (Lipinski definition) is 2. The van der Waals surface area contributed by atoms with Gasteiger partial charge >= 0.3 is 5.97 Å². The molecule has 0 spiro atoms. The Morgan fingerprint density at radius 2 is 1.89 bits per heavy atom. The Morgan fingerprint density at radius 1 is 1.32 bits per heavy atom. The van der Waals surface area contributed by atoms with Crippen LogP contribution in [0, 0.1) is 6.92 Å². The molecule has 1 aromatic rings. The number of carbonyl (C=O) groups is 3. The summed E-state index contributed by atoms with van der Waals surface area (Å²) in [5.74, 6) is -1.56. The van der Waals surface area contributed by atoms with Gasteiger partial charge in [0.2, 0.25) is 5.91 Å². The summed E-state index contributed by atoms with van der Waals surface area (Å²) < 4.78 is 5.08. The van der Waals surface area contributed by atoms with Crippen molar-refractivity contribution in [2.24, 2.45) is 5.73 Å². The molecular weight excluding hydrogens is 268 g/mol. The molecule has 6 nitrogen and oxygen atoms in total. The maximum absolute atomic E-state index is 11.9. The lowest BCUT2D eigenvalue weighted by Crippen LogP contribution is -2.16. The molecule has 0 radical (unpaired) electrons. The van der Waals surface area contributed by atoms with Gasteiger partial charge in [0.25, 0.3) is 5.91 Å². The Balaban J connectivity index is 3.24. The van der Waals surface area contributed by atoms with Crippen molar-refractivity contribution in [2.45, 2.75) is 33.8 Å². The van der Waals surface area contributed by atoms with Gasteiger partial charge in [0.1, 0.15) is 9.88 Å². The van der Waals surface area contributed by atoms with Crippen molar-refractivity contribution in [2.75, 3.05) is 5.32 Å². The van der Waals surface area contributed by atoms with Crippen molar-refractivity contribution in [3.63, 3.8) is 0 Å². The van der Waals surface area contributed by atoms with E-state index in [9.17, 15) is 14.4 Å². The van der Waals surface area contributed by atoms with E-state index in [-0.39, 0.29) is 27.5 Å². The number of nitrogens with one attached hydrogen (secondary N) is 1. The van der Waals surface area contributed by atoms with Crippen LogP contribution in [0.15, 0.2) is 0 Å². The summed E-state index contributed by atoms with van der Waals surface area (Å²) in [5.41, 5.74) is 5.84. The van der Waals surface area contributed by atoms with Gasteiger partial charge in [-0.05, 0) is 26.3 Å². The highest BCUT2D eigenvalue weighted by atomic mass is 32.1. The molecule has 7 heteroatoms. The monoisotopic (exact) mass is 284 g/mol. The lowest BCUT2D eigenvalue weighted by molar-refractivity contribution is -0.114. The minimum Gasteiger partial charge on any atom is -0.459 e. The normalized spacial score (nSPS) is 10.4. The molecule has 3 N–H and O–H groups in total. The molecule has 0 atom stereocenters. The molecule has 0 aliphatic rings. The fourth-order valence-electron chi connectivity index (χ4n) is 1.52. The molecule has 1 heterocycles. The summed E-state index contributed by atoms with van der Waals surface area (Å²) in [5, 5.41) is 2.77. The summed E-state index contributed by atoms with van der Waals surface area (Å²) in [6.45, 7) is 6.36. The van der Waals surface area contributed by atoms with Gasteiger partial charge in [-0.1, -0.05) is 0 Å². The maximum Gasteiger partial charge on any atom is 0.348 e. The molecule has 104 valence electrons. The number of hydrogen-bond acceptors (Lipinski definition) is 5. The quantitative estimate of drug-likeness (QED) is 0.822. The van der Waals surface area contributed by atoms with Crippen molar-refractivity contribution in [1.82, 2.24) is 0 Å². The van der Waals surface area contributed by atoms with Gasteiger partial charge in [0.15, 0.2) is 0 Å². The molecular formula is C12H16N2O4S. The summed E-state index contributed by atoms with van der Waals surface area (Å²) in [6.07, 6.45) is -0.268. The SMILES string of the molecule is CC(=O)Nc1sc(C(=O)OC(C)C)c(C)c1C(N)=O. The van der Waals surface area contributed by atoms with Crippen molar-refractivity contribution in [1.29, 1.82) is 0 Å². The lowest BCUT2D eigenvalue weighted by Gasteiger charge is -2.06. The second-order valence-corrected chi connectivity index (χ2v) is 5.28. The van der Waals surface area contributed by atoms with E-state index in [1.165, 1.54) is 6.92 Å². The van der Waals surface area contributed by atoms with Crippen LogP contribution in [0.5, 0.6) is 0 Å². The second kappa shape index (κ2) is 5.83. The smallest absolute Gasteiger partial charge is 0.348 e. The number of nitrogens with two attached hydrogens (primary N) is 1. The minimum atomic E-state index is -0.693. The van der Waals surface area contributed by atoms with Crippen LogP contribution in [-0.4, -0.2) is 23.9 Å². The van der Waals surface area contributed by atoms with Crippen LogP contribution in [0.1, 0.15) is 46.4 Å². The number of thiophene rings is 1. The van der Waals surface area contributed by atoms with E-state index in [0.29, 0.717) is 5.56 Å². The van der Waals surface area contributed by atoms with Crippen LogP contribution in [0.3, 0.4) is 0 Å². The predicted molar refractivity (Wildman–Crippen MR) is 72.4 cm³/mol. The summed E-state index contributed by atoms with van der Waals surface area (Å²) in [7, 11) is 0. The molecule has 0 aliphatic heterocycles. The first-order valence-corrected chi connectivity index (χ1v) is 6.47. The van der Waals surface area contributed by atoms with E-state index in [1.807, 2.05) is 0 Å². The summed E-state index contributed by atoms with van der Waals surface area (Å²) in [4.78, 5) is 34.6. The fraction of sp³-hybridized carbons (Fsp3) is 0.417. The first-order chi connectivity index (χ1) is 8.73. The average molecular weight is 284 g/mol.